The van der Waals surface area contributed by atoms with Crippen LogP contribution in [0.1, 0.15) is 17.3 Å². The Hall–Kier alpha value is -3.22. The van der Waals surface area contributed by atoms with Gasteiger partial charge >= 0.3 is 17.9 Å². The Labute approximate surface area is 144 Å². The van der Waals surface area contributed by atoms with Crippen molar-refractivity contribution in [3.8, 4) is 0 Å². The summed E-state index contributed by atoms with van der Waals surface area (Å²) in [6.07, 6.45) is 1.70. The number of benzene rings is 1. The number of hydrogen-bond donors (Lipinski definition) is 0. The molecule has 0 fully saturated rings. The first-order valence-corrected chi connectivity index (χ1v) is 7.31. The second-order valence-electron chi connectivity index (χ2n) is 4.58. The van der Waals surface area contributed by atoms with Crippen molar-refractivity contribution in [2.75, 3.05) is 20.8 Å². The predicted octanol–water partition coefficient (Wildman–Crippen LogP) is 1.63. The SMILES string of the molecule is CCOC(=O)C(=C\C(=O)c1ccccc1)/C(=C/C(=O)OC)C(=O)OC. The number of esters is 3. The van der Waals surface area contributed by atoms with Crippen molar-refractivity contribution in [1.82, 2.24) is 0 Å². The summed E-state index contributed by atoms with van der Waals surface area (Å²) in [4.78, 5) is 48.0. The standard InChI is InChI=1S/C18H18O7/c1-4-25-18(22)13(10-15(19)12-8-6-5-7-9-12)14(17(21)24-3)11-16(20)23-2/h5-11H,4H2,1-3H3/b13-10-,14-11-. The fourth-order valence-electron chi connectivity index (χ4n) is 1.81. The average molecular weight is 346 g/mol. The van der Waals surface area contributed by atoms with Crippen molar-refractivity contribution in [1.29, 1.82) is 0 Å². The largest absolute Gasteiger partial charge is 0.466 e. The summed E-state index contributed by atoms with van der Waals surface area (Å²) in [7, 11) is 2.19. The first kappa shape index (κ1) is 19.8. The van der Waals surface area contributed by atoms with Crippen LogP contribution in [0, 0.1) is 0 Å². The van der Waals surface area contributed by atoms with Crippen LogP contribution in [-0.2, 0) is 28.6 Å². The van der Waals surface area contributed by atoms with Crippen LogP contribution in [0.3, 0.4) is 0 Å². The Bertz CT molecular complexity index is 714. The van der Waals surface area contributed by atoms with Crippen LogP contribution in [0.5, 0.6) is 0 Å². The van der Waals surface area contributed by atoms with Gasteiger partial charge in [-0.1, -0.05) is 30.3 Å². The quantitative estimate of drug-likeness (QED) is 0.243. The van der Waals surface area contributed by atoms with Crippen molar-refractivity contribution < 1.29 is 33.4 Å². The third kappa shape index (κ3) is 5.72. The van der Waals surface area contributed by atoms with Gasteiger partial charge in [0.15, 0.2) is 5.78 Å². The van der Waals surface area contributed by atoms with Crippen molar-refractivity contribution in [2.24, 2.45) is 0 Å². The highest BCUT2D eigenvalue weighted by molar-refractivity contribution is 6.16. The van der Waals surface area contributed by atoms with E-state index in [1.54, 1.807) is 37.3 Å². The van der Waals surface area contributed by atoms with Crippen LogP contribution in [0.4, 0.5) is 0 Å². The molecule has 1 rings (SSSR count). The summed E-state index contributed by atoms with van der Waals surface area (Å²) in [6.45, 7) is 1.58. The molecule has 0 saturated heterocycles. The van der Waals surface area contributed by atoms with E-state index in [4.69, 9.17) is 4.74 Å². The maximum Gasteiger partial charge on any atom is 0.339 e. The van der Waals surface area contributed by atoms with Crippen LogP contribution in [0.25, 0.3) is 0 Å². The molecule has 7 nitrogen and oxygen atoms in total. The van der Waals surface area contributed by atoms with Crippen molar-refractivity contribution >= 4 is 23.7 Å². The predicted molar refractivity (Wildman–Crippen MR) is 87.6 cm³/mol. The molecule has 1 aromatic carbocycles. The molecule has 132 valence electrons. The van der Waals surface area contributed by atoms with Crippen molar-refractivity contribution in [3.05, 3.63) is 59.2 Å². The van der Waals surface area contributed by atoms with Gasteiger partial charge in [-0.25, -0.2) is 14.4 Å². The number of allylic oxidation sites excluding steroid dienone is 1. The number of hydrogen-bond acceptors (Lipinski definition) is 7. The van der Waals surface area contributed by atoms with E-state index in [-0.39, 0.29) is 6.61 Å². The number of ketones is 1. The molecule has 0 N–H and O–H groups in total. The molecular weight excluding hydrogens is 328 g/mol. The minimum absolute atomic E-state index is 0.0162. The Morgan fingerprint density at radius 1 is 0.880 bits per heavy atom. The van der Waals surface area contributed by atoms with E-state index >= 15 is 0 Å². The first-order valence-electron chi connectivity index (χ1n) is 7.31. The van der Waals surface area contributed by atoms with Gasteiger partial charge in [0, 0.05) is 17.7 Å². The van der Waals surface area contributed by atoms with E-state index in [1.807, 2.05) is 0 Å². The molecule has 0 radical (unpaired) electrons. The summed E-state index contributed by atoms with van der Waals surface area (Å²) in [6, 6.07) is 8.11. The third-order valence-electron chi connectivity index (χ3n) is 2.99. The van der Waals surface area contributed by atoms with Gasteiger partial charge in [0.25, 0.3) is 0 Å². The minimum Gasteiger partial charge on any atom is -0.466 e. The number of carbonyl (C=O) groups excluding carboxylic acids is 4. The van der Waals surface area contributed by atoms with Crippen LogP contribution in [0.2, 0.25) is 0 Å². The Morgan fingerprint density at radius 3 is 2.00 bits per heavy atom. The van der Waals surface area contributed by atoms with Gasteiger partial charge in [0.05, 0.1) is 32.0 Å². The van der Waals surface area contributed by atoms with Crippen LogP contribution >= 0.6 is 0 Å². The maximum absolute atomic E-state index is 12.4. The molecule has 1 aromatic rings. The summed E-state index contributed by atoms with van der Waals surface area (Å²) in [5.74, 6) is -3.34. The Kier molecular flexibility index (Phi) is 7.78. The van der Waals surface area contributed by atoms with E-state index in [1.165, 1.54) is 0 Å². The zero-order valence-electron chi connectivity index (χ0n) is 14.1. The highest BCUT2D eigenvalue weighted by atomic mass is 16.5. The third-order valence-corrected chi connectivity index (χ3v) is 2.99. The molecule has 0 bridgehead atoms. The van der Waals surface area contributed by atoms with Gasteiger partial charge < -0.3 is 14.2 Å². The molecule has 0 amide bonds. The van der Waals surface area contributed by atoms with E-state index in [0.29, 0.717) is 5.56 Å². The molecule has 0 heterocycles. The van der Waals surface area contributed by atoms with E-state index < -0.39 is 34.8 Å². The van der Waals surface area contributed by atoms with E-state index in [2.05, 4.69) is 9.47 Å². The molecule has 0 aliphatic carbocycles. The van der Waals surface area contributed by atoms with Crippen molar-refractivity contribution in [3.63, 3.8) is 0 Å². The van der Waals surface area contributed by atoms with Gasteiger partial charge in [0.1, 0.15) is 0 Å². The van der Waals surface area contributed by atoms with Crippen LogP contribution in [-0.4, -0.2) is 44.5 Å². The lowest BCUT2D eigenvalue weighted by Gasteiger charge is -2.09. The van der Waals surface area contributed by atoms with Gasteiger partial charge in [0.2, 0.25) is 0 Å². The highest BCUT2D eigenvalue weighted by Crippen LogP contribution is 2.16. The average Bonchev–Trinajstić information content (AvgIpc) is 2.64. The van der Waals surface area contributed by atoms with Crippen LogP contribution in [0.15, 0.2) is 53.6 Å². The second-order valence-corrected chi connectivity index (χ2v) is 4.58. The number of ether oxygens (including phenoxy) is 3. The molecule has 0 aromatic heterocycles. The summed E-state index contributed by atoms with van der Waals surface area (Å²) in [5, 5.41) is 0. The summed E-state index contributed by atoms with van der Waals surface area (Å²) >= 11 is 0. The van der Waals surface area contributed by atoms with Crippen LogP contribution < -0.4 is 0 Å². The normalized spacial score (nSPS) is 11.5. The zero-order chi connectivity index (χ0) is 18.8. The molecule has 0 saturated carbocycles. The molecule has 7 heteroatoms. The molecule has 0 spiro atoms. The maximum atomic E-state index is 12.4. The summed E-state index contributed by atoms with van der Waals surface area (Å²) < 4.78 is 13.9. The lowest BCUT2D eigenvalue weighted by Crippen LogP contribution is -2.19. The molecular formula is C18H18O7. The number of rotatable bonds is 7. The smallest absolute Gasteiger partial charge is 0.339 e. The molecule has 25 heavy (non-hydrogen) atoms. The second kappa shape index (κ2) is 9.82. The van der Waals surface area contributed by atoms with E-state index in [9.17, 15) is 19.2 Å². The molecule has 0 aliphatic rings. The monoisotopic (exact) mass is 346 g/mol. The lowest BCUT2D eigenvalue weighted by atomic mass is 10.0. The fraction of sp³-hybridized carbons (Fsp3) is 0.222. The van der Waals surface area contributed by atoms with Gasteiger partial charge in [-0.05, 0) is 6.92 Å². The van der Waals surface area contributed by atoms with Crippen molar-refractivity contribution in [2.45, 2.75) is 6.92 Å². The fourth-order valence-corrected chi connectivity index (χ4v) is 1.81. The number of carbonyl (C=O) groups is 4. The topological polar surface area (TPSA) is 96.0 Å². The Morgan fingerprint density at radius 2 is 1.48 bits per heavy atom. The van der Waals surface area contributed by atoms with E-state index in [0.717, 1.165) is 26.4 Å². The molecule has 0 unspecified atom stereocenters. The van der Waals surface area contributed by atoms with Gasteiger partial charge in [-0.2, -0.15) is 0 Å². The minimum atomic E-state index is -0.981. The summed E-state index contributed by atoms with van der Waals surface area (Å²) in [5.41, 5.74) is -0.531. The van der Waals surface area contributed by atoms with Gasteiger partial charge in [-0.3, -0.25) is 4.79 Å². The molecule has 0 aliphatic heterocycles. The highest BCUT2D eigenvalue weighted by Gasteiger charge is 2.25. The van der Waals surface area contributed by atoms with Gasteiger partial charge in [-0.15, -0.1) is 0 Å². The zero-order valence-corrected chi connectivity index (χ0v) is 14.1. The first-order chi connectivity index (χ1) is 11.9. The number of methoxy groups -OCH3 is 2. The molecule has 0 atom stereocenters. The Balaban J connectivity index is 3.43. The lowest BCUT2D eigenvalue weighted by molar-refractivity contribution is -0.141.